The van der Waals surface area contributed by atoms with Crippen LogP contribution in [-0.4, -0.2) is 79.5 Å². The van der Waals surface area contributed by atoms with E-state index in [1.807, 2.05) is 11.0 Å². The first-order valence-corrected chi connectivity index (χ1v) is 16.5. The molecule has 1 atom stereocenters. The minimum atomic E-state index is -1.24. The lowest BCUT2D eigenvalue weighted by Gasteiger charge is -2.58. The van der Waals surface area contributed by atoms with Crippen LogP contribution in [0.25, 0.3) is 11.3 Å². The molecule has 3 fully saturated rings. The molecule has 0 N–H and O–H groups in total. The minimum absolute atomic E-state index is 0.0321. The Morgan fingerprint density at radius 2 is 1.57 bits per heavy atom. The van der Waals surface area contributed by atoms with Crippen LogP contribution in [0.5, 0.6) is 0 Å². The van der Waals surface area contributed by atoms with Gasteiger partial charge < -0.3 is 9.42 Å². The number of nitrogens with zero attached hydrogens (tertiary/aromatic N) is 7. The molecule has 3 aliphatic rings. The number of hydrogen-bond acceptors (Lipinski definition) is 7. The molecule has 7 rings (SSSR count). The molecule has 0 radical (unpaired) electrons. The molecule has 3 aliphatic heterocycles. The fourth-order valence-electron chi connectivity index (χ4n) is 7.79. The van der Waals surface area contributed by atoms with Gasteiger partial charge in [0, 0.05) is 55.3 Å². The number of carbonyl (C=O) groups excluding carboxylic acids is 1. The smallest absolute Gasteiger partial charge is 0.276 e. The fourth-order valence-corrected chi connectivity index (χ4v) is 7.79. The van der Waals surface area contributed by atoms with Gasteiger partial charge in [0.05, 0.1) is 18.8 Å². The number of halogens is 3. The third kappa shape index (κ3) is 6.58. The first-order valence-electron chi connectivity index (χ1n) is 16.5. The number of benzene rings is 2. The molecular formula is C35H40F3N7O2. The second-order valence-corrected chi connectivity index (χ2v) is 14.0. The molecule has 1 unspecified atom stereocenters. The Kier molecular flexibility index (Phi) is 8.65. The van der Waals surface area contributed by atoms with Crippen LogP contribution in [0.2, 0.25) is 0 Å². The zero-order valence-corrected chi connectivity index (χ0v) is 26.8. The molecule has 1 amide bonds. The van der Waals surface area contributed by atoms with Gasteiger partial charge in [-0.3, -0.25) is 14.6 Å². The highest BCUT2D eigenvalue weighted by Gasteiger charge is 2.52. The summed E-state index contributed by atoms with van der Waals surface area (Å²) in [6.45, 7) is 10.3. The molecule has 0 spiro atoms. The van der Waals surface area contributed by atoms with Crippen LogP contribution in [-0.2, 0) is 13.1 Å². The second kappa shape index (κ2) is 12.9. The summed E-state index contributed by atoms with van der Waals surface area (Å²) in [5.41, 5.74) is 1.79. The summed E-state index contributed by atoms with van der Waals surface area (Å²) in [6.07, 6.45) is 5.24. The Labute approximate surface area is 272 Å². The molecule has 5 heterocycles. The highest BCUT2D eigenvalue weighted by molar-refractivity contribution is 5.93. The van der Waals surface area contributed by atoms with Crippen LogP contribution in [0.4, 0.5) is 13.2 Å². The van der Waals surface area contributed by atoms with Crippen molar-refractivity contribution >= 4 is 5.91 Å². The standard InChI is InChI=1S/C35H40F3N7O2/c1-35(2)22-44(33(35)24-8-12-42(13-9-24)19-23-6-4-3-5-7-23)34(46)31-16-26(47-40-31)20-43-14-10-25(11-15-43)45-21-32(39-41-45)27-17-29(37)30(38)18-28(27)36/h3-7,16-18,21,24-25,33H,8-15,19-20,22H2,1-2H3. The van der Waals surface area contributed by atoms with Gasteiger partial charge in [0.2, 0.25) is 0 Å². The molecular weight excluding hydrogens is 607 g/mol. The quantitative estimate of drug-likeness (QED) is 0.219. The molecule has 9 nitrogen and oxygen atoms in total. The molecule has 2 aromatic carbocycles. The maximum atomic E-state index is 14.2. The average Bonchev–Trinajstić information content (AvgIpc) is 3.74. The molecule has 0 aliphatic carbocycles. The van der Waals surface area contributed by atoms with Crippen molar-refractivity contribution in [2.24, 2.45) is 11.3 Å². The highest BCUT2D eigenvalue weighted by atomic mass is 19.2. The van der Waals surface area contributed by atoms with Gasteiger partial charge in [-0.1, -0.05) is 54.5 Å². The van der Waals surface area contributed by atoms with Crippen LogP contribution < -0.4 is 0 Å². The second-order valence-electron chi connectivity index (χ2n) is 14.0. The molecule has 0 bridgehead atoms. The summed E-state index contributed by atoms with van der Waals surface area (Å²) in [6, 6.07) is 13.9. The van der Waals surface area contributed by atoms with Crippen molar-refractivity contribution in [2.75, 3.05) is 32.7 Å². The molecule has 248 valence electrons. The van der Waals surface area contributed by atoms with E-state index in [4.69, 9.17) is 4.52 Å². The Bertz CT molecular complexity index is 1710. The van der Waals surface area contributed by atoms with Crippen LogP contribution in [0.3, 0.4) is 0 Å². The van der Waals surface area contributed by atoms with Crippen LogP contribution in [0, 0.1) is 28.8 Å². The number of carbonyl (C=O) groups is 1. The molecule has 0 saturated carbocycles. The van der Waals surface area contributed by atoms with Crippen molar-refractivity contribution in [1.29, 1.82) is 0 Å². The van der Waals surface area contributed by atoms with Crippen molar-refractivity contribution in [3.8, 4) is 11.3 Å². The first kappa shape index (κ1) is 31.6. The maximum Gasteiger partial charge on any atom is 0.276 e. The first-order chi connectivity index (χ1) is 22.6. The number of likely N-dealkylation sites (tertiary alicyclic amines) is 3. The normalized spacial score (nSPS) is 21.2. The van der Waals surface area contributed by atoms with E-state index >= 15 is 0 Å². The van der Waals surface area contributed by atoms with Gasteiger partial charge in [0.25, 0.3) is 5.91 Å². The predicted molar refractivity (Wildman–Crippen MR) is 168 cm³/mol. The van der Waals surface area contributed by atoms with E-state index in [-0.39, 0.29) is 34.7 Å². The molecule has 3 saturated heterocycles. The Balaban J connectivity index is 0.914. The zero-order valence-electron chi connectivity index (χ0n) is 26.8. The fraction of sp³-hybridized carbons (Fsp3) is 0.486. The average molecular weight is 648 g/mol. The van der Waals surface area contributed by atoms with Gasteiger partial charge in [-0.05, 0) is 56.3 Å². The summed E-state index contributed by atoms with van der Waals surface area (Å²) in [5, 5.41) is 12.3. The molecule has 4 aromatic rings. The van der Waals surface area contributed by atoms with E-state index in [1.165, 1.54) is 5.56 Å². The molecule has 12 heteroatoms. The zero-order chi connectivity index (χ0) is 32.7. The van der Waals surface area contributed by atoms with Crippen LogP contribution >= 0.6 is 0 Å². The summed E-state index contributed by atoms with van der Waals surface area (Å²) in [4.78, 5) is 20.4. The third-order valence-corrected chi connectivity index (χ3v) is 10.2. The SMILES string of the molecule is CC1(C)CN(C(=O)c2cc(CN3CCC(n4cc(-c5cc(F)c(F)cc5F)nn4)CC3)on2)C1C1CCN(Cc2ccccc2)CC1. The molecule has 47 heavy (non-hydrogen) atoms. The van der Waals surface area contributed by atoms with Gasteiger partial charge in [-0.25, -0.2) is 17.9 Å². The number of piperidine rings is 2. The van der Waals surface area contributed by atoms with Crippen molar-refractivity contribution in [2.45, 2.75) is 64.7 Å². The lowest BCUT2D eigenvalue weighted by molar-refractivity contribution is -0.0718. The van der Waals surface area contributed by atoms with Gasteiger partial charge >= 0.3 is 0 Å². The van der Waals surface area contributed by atoms with Crippen molar-refractivity contribution in [1.82, 2.24) is 34.9 Å². The Morgan fingerprint density at radius 3 is 2.30 bits per heavy atom. The lowest BCUT2D eigenvalue weighted by atomic mass is 9.66. The highest BCUT2D eigenvalue weighted by Crippen LogP contribution is 2.45. The summed E-state index contributed by atoms with van der Waals surface area (Å²) in [7, 11) is 0. The number of rotatable bonds is 8. The topological polar surface area (TPSA) is 83.5 Å². The van der Waals surface area contributed by atoms with Crippen molar-refractivity contribution in [3.63, 3.8) is 0 Å². The van der Waals surface area contributed by atoms with E-state index in [1.54, 1.807) is 16.9 Å². The predicted octanol–water partition coefficient (Wildman–Crippen LogP) is 5.95. The minimum Gasteiger partial charge on any atom is -0.359 e. The van der Waals surface area contributed by atoms with E-state index < -0.39 is 17.5 Å². The number of hydrogen-bond donors (Lipinski definition) is 0. The Morgan fingerprint density at radius 1 is 0.894 bits per heavy atom. The van der Waals surface area contributed by atoms with Gasteiger partial charge in [-0.2, -0.15) is 0 Å². The van der Waals surface area contributed by atoms with E-state index in [0.29, 0.717) is 36.5 Å². The number of amides is 1. The van der Waals surface area contributed by atoms with E-state index in [9.17, 15) is 18.0 Å². The summed E-state index contributed by atoms with van der Waals surface area (Å²) < 4.78 is 48.6. The Hall–Kier alpha value is -4.03. The van der Waals surface area contributed by atoms with Crippen molar-refractivity contribution < 1.29 is 22.5 Å². The van der Waals surface area contributed by atoms with E-state index in [2.05, 4.69) is 63.4 Å². The van der Waals surface area contributed by atoms with Crippen LogP contribution in [0.1, 0.15) is 67.4 Å². The van der Waals surface area contributed by atoms with Gasteiger partial charge in [0.1, 0.15) is 11.5 Å². The summed E-state index contributed by atoms with van der Waals surface area (Å²) >= 11 is 0. The van der Waals surface area contributed by atoms with Crippen LogP contribution in [0.15, 0.2) is 59.3 Å². The summed E-state index contributed by atoms with van der Waals surface area (Å²) in [5.74, 6) is -2.22. The van der Waals surface area contributed by atoms with Crippen molar-refractivity contribution in [3.05, 3.63) is 89.2 Å². The largest absolute Gasteiger partial charge is 0.359 e. The lowest BCUT2D eigenvalue weighted by Crippen LogP contribution is -2.67. The maximum absolute atomic E-state index is 14.2. The van der Waals surface area contributed by atoms with Gasteiger partial charge in [0.15, 0.2) is 23.1 Å². The van der Waals surface area contributed by atoms with E-state index in [0.717, 1.165) is 64.5 Å². The third-order valence-electron chi connectivity index (χ3n) is 10.2. The van der Waals surface area contributed by atoms with Gasteiger partial charge in [-0.15, -0.1) is 5.10 Å². The molecule has 2 aromatic heterocycles. The number of aromatic nitrogens is 4. The monoisotopic (exact) mass is 647 g/mol.